The molecule has 9 nitrogen and oxygen atoms in total. The predicted octanol–water partition coefficient (Wildman–Crippen LogP) is 11.9. The van der Waals surface area contributed by atoms with Gasteiger partial charge in [0.25, 0.3) is 0 Å². The van der Waals surface area contributed by atoms with Gasteiger partial charge >= 0.3 is 17.1 Å². The van der Waals surface area contributed by atoms with E-state index in [0.717, 1.165) is 49.5 Å². The van der Waals surface area contributed by atoms with Crippen LogP contribution in [0, 0.1) is 13.8 Å². The molecule has 293 valence electrons. The zero-order valence-electron chi connectivity index (χ0n) is 34.3. The van der Waals surface area contributed by atoms with E-state index in [1.54, 1.807) is 0 Å². The maximum Gasteiger partial charge on any atom is 2.00 e. The van der Waals surface area contributed by atoms with E-state index in [0.29, 0.717) is 45.9 Å². The fraction of sp³-hybridized carbons (Fsp3) is 0.213. The Labute approximate surface area is 346 Å². The largest absolute Gasteiger partial charge is 2.00 e. The molecule has 2 aliphatic rings. The fourth-order valence-electron chi connectivity index (χ4n) is 6.00. The summed E-state index contributed by atoms with van der Waals surface area (Å²) in [6.45, 7) is 20.0. The minimum Gasteiger partial charge on any atom is -0.357 e. The average molecular weight is 804 g/mol. The molecule has 0 N–H and O–H groups in total. The van der Waals surface area contributed by atoms with Crippen molar-refractivity contribution in [2.75, 3.05) is 0 Å². The monoisotopic (exact) mass is 802 g/mol. The summed E-state index contributed by atoms with van der Waals surface area (Å²) >= 11 is 0. The van der Waals surface area contributed by atoms with Gasteiger partial charge in [0.1, 0.15) is 0 Å². The first-order chi connectivity index (χ1) is 27.6. The van der Waals surface area contributed by atoms with Crippen LogP contribution in [0.5, 0.6) is 0 Å². The minimum atomic E-state index is 0. The second-order valence-electron chi connectivity index (χ2n) is 11.6. The molecule has 0 fully saturated rings. The third-order valence-electron chi connectivity index (χ3n) is 8.39. The molecular weight excluding hydrogens is 754 g/mol. The molecular formula is C47H49CuN9. The molecule has 0 amide bonds. The Morgan fingerprint density at radius 3 is 0.877 bits per heavy atom. The zero-order chi connectivity index (χ0) is 40.2. The van der Waals surface area contributed by atoms with E-state index in [1.165, 1.54) is 5.56 Å². The van der Waals surface area contributed by atoms with Crippen LogP contribution in [0.25, 0.3) is 89.7 Å². The minimum absolute atomic E-state index is 0. The molecule has 0 saturated heterocycles. The molecule has 2 aliphatic heterocycles. The van der Waals surface area contributed by atoms with Crippen molar-refractivity contribution in [1.29, 1.82) is 0 Å². The van der Waals surface area contributed by atoms with Gasteiger partial charge in [-0.05, 0) is 47.0 Å². The molecule has 8 bridgehead atoms. The molecule has 8 aromatic rings. The summed E-state index contributed by atoms with van der Waals surface area (Å²) in [6, 6.07) is 35.9. The number of nitrogens with zero attached hydrogens (tertiary/aromatic N) is 9. The molecule has 4 aromatic carbocycles. The molecule has 0 saturated carbocycles. The topological polar surface area (TPSA) is 118 Å². The summed E-state index contributed by atoms with van der Waals surface area (Å²) in [5.74, 6) is 2.21. The van der Waals surface area contributed by atoms with Gasteiger partial charge in [-0.1, -0.05) is 159 Å². The van der Waals surface area contributed by atoms with Crippen LogP contribution in [0.1, 0.15) is 66.6 Å². The molecule has 4 aromatic heterocycles. The standard InChI is InChI=1S/C32H16N8.C7H9N.4C2H6.Cu/c1-2-10-18-17(9-1)25-33-26(18)38-28-21-13-5-6-14-22(21)30(35-28)40-32-24-16-8-7-15-23(24)31(36-32)39-29-20-12-4-3-11-19(20)27(34-29)37-25;1-6-3-4-7(2)8-5-6;4*1-2;/h1-16H;3-5H,1-2H3;4*1-2H3;/q-2;;;;;;+2. The van der Waals surface area contributed by atoms with Crippen LogP contribution in [0.4, 0.5) is 0 Å². The van der Waals surface area contributed by atoms with Crippen LogP contribution in [0.2, 0.25) is 0 Å². The van der Waals surface area contributed by atoms with Crippen molar-refractivity contribution in [2.45, 2.75) is 69.2 Å². The normalized spacial score (nSPS) is 10.1. The van der Waals surface area contributed by atoms with E-state index in [4.69, 9.17) is 39.9 Å². The number of rotatable bonds is 0. The van der Waals surface area contributed by atoms with Gasteiger partial charge in [0.2, 0.25) is 0 Å². The zero-order valence-corrected chi connectivity index (χ0v) is 35.2. The van der Waals surface area contributed by atoms with Crippen molar-refractivity contribution in [2.24, 2.45) is 0 Å². The van der Waals surface area contributed by atoms with E-state index >= 15 is 0 Å². The Morgan fingerprint density at radius 1 is 0.351 bits per heavy atom. The van der Waals surface area contributed by atoms with Gasteiger partial charge in [-0.25, -0.2) is 9.97 Å². The Balaban J connectivity index is 0.000000367. The van der Waals surface area contributed by atoms with Crippen molar-refractivity contribution >= 4 is 44.1 Å². The molecule has 57 heavy (non-hydrogen) atoms. The Morgan fingerprint density at radius 2 is 0.632 bits per heavy atom. The van der Waals surface area contributed by atoms with Crippen molar-refractivity contribution in [3.63, 3.8) is 0 Å². The fourth-order valence-corrected chi connectivity index (χ4v) is 6.00. The number of aryl methyl sites for hydroxylation is 2. The molecule has 0 spiro atoms. The summed E-state index contributed by atoms with van der Waals surface area (Å²) in [5, 5.41) is 3.57. The Hall–Kier alpha value is -6.09. The second kappa shape index (κ2) is 20.7. The van der Waals surface area contributed by atoms with Gasteiger partial charge in [0.05, 0.1) is 23.3 Å². The molecule has 10 rings (SSSR count). The first kappa shape index (κ1) is 43.6. The third-order valence-corrected chi connectivity index (χ3v) is 8.39. The van der Waals surface area contributed by atoms with E-state index in [-0.39, 0.29) is 17.1 Å². The maximum absolute atomic E-state index is 4.95. The SMILES string of the molecule is CC.CC.CC.CC.Cc1ccc(C)nc1.[Cu+2].c1ccc2c(c1)-c1nc-2nc2[n-]c(nc3nc(nc4[n-]c(n1)c1ccccc41)-c1ccccc1-3)c1ccccc21. The second-order valence-corrected chi connectivity index (χ2v) is 11.6. The van der Waals surface area contributed by atoms with Gasteiger partial charge in [0, 0.05) is 56.7 Å². The van der Waals surface area contributed by atoms with Crippen molar-refractivity contribution < 1.29 is 17.1 Å². The van der Waals surface area contributed by atoms with Crippen LogP contribution in [0.15, 0.2) is 115 Å². The quantitative estimate of drug-likeness (QED) is 0.138. The summed E-state index contributed by atoms with van der Waals surface area (Å²) in [6.07, 6.45) is 1.87. The number of pyridine rings is 1. The first-order valence-electron chi connectivity index (χ1n) is 19.6. The van der Waals surface area contributed by atoms with E-state index in [9.17, 15) is 0 Å². The Bertz CT molecular complexity index is 2370. The molecule has 10 heteroatoms. The van der Waals surface area contributed by atoms with Crippen LogP contribution in [-0.4, -0.2) is 34.9 Å². The third kappa shape index (κ3) is 9.15. The van der Waals surface area contributed by atoms with Gasteiger partial charge in [-0.3, -0.25) is 4.98 Å². The first-order valence-corrected chi connectivity index (χ1v) is 19.6. The van der Waals surface area contributed by atoms with Crippen LogP contribution in [-0.2, 0) is 17.1 Å². The average Bonchev–Trinajstić information content (AvgIpc) is 4.01. The van der Waals surface area contributed by atoms with Gasteiger partial charge in [-0.15, -0.1) is 0 Å². The van der Waals surface area contributed by atoms with Crippen molar-refractivity contribution in [3.05, 3.63) is 127 Å². The number of hydrogen-bond donors (Lipinski definition) is 0. The van der Waals surface area contributed by atoms with E-state index in [1.807, 2.05) is 179 Å². The summed E-state index contributed by atoms with van der Waals surface area (Å²) < 4.78 is 0. The van der Waals surface area contributed by atoms with Crippen molar-refractivity contribution in [1.82, 2.24) is 44.9 Å². The molecule has 0 unspecified atom stereocenters. The smallest absolute Gasteiger partial charge is 0.357 e. The number of fused-ring (bicyclic) bond motifs is 20. The van der Waals surface area contributed by atoms with Gasteiger partial charge in [-0.2, -0.15) is 0 Å². The molecule has 0 atom stereocenters. The summed E-state index contributed by atoms with van der Waals surface area (Å²) in [5.41, 5.74) is 8.08. The van der Waals surface area contributed by atoms with Crippen LogP contribution >= 0.6 is 0 Å². The number of benzene rings is 4. The van der Waals surface area contributed by atoms with Gasteiger partial charge in [0.15, 0.2) is 0 Å². The predicted molar refractivity (Wildman–Crippen MR) is 233 cm³/mol. The summed E-state index contributed by atoms with van der Waals surface area (Å²) in [4.78, 5) is 43.4. The summed E-state index contributed by atoms with van der Waals surface area (Å²) in [7, 11) is 0. The van der Waals surface area contributed by atoms with Crippen LogP contribution < -0.4 is 9.97 Å². The van der Waals surface area contributed by atoms with Gasteiger partial charge < -0.3 is 29.9 Å². The number of aromatic nitrogens is 9. The van der Waals surface area contributed by atoms with E-state index in [2.05, 4.69) is 11.1 Å². The van der Waals surface area contributed by atoms with Crippen LogP contribution in [0.3, 0.4) is 0 Å². The molecule has 0 aliphatic carbocycles. The van der Waals surface area contributed by atoms with Crippen molar-refractivity contribution in [3.8, 4) is 45.6 Å². The number of hydrogen-bond acceptors (Lipinski definition) is 7. The molecule has 1 radical (unpaired) electrons. The maximum atomic E-state index is 4.95. The van der Waals surface area contributed by atoms with E-state index < -0.39 is 0 Å². The Kier molecular flexibility index (Phi) is 15.9. The molecule has 6 heterocycles.